The maximum atomic E-state index is 12.8. The van der Waals surface area contributed by atoms with Gasteiger partial charge in [-0.2, -0.15) is 0 Å². The zero-order valence-corrected chi connectivity index (χ0v) is 18.1. The summed E-state index contributed by atoms with van der Waals surface area (Å²) in [5.41, 5.74) is 0.399. The minimum absolute atomic E-state index is 0.0792. The largest absolute Gasteiger partial charge is 0.356 e. The second kappa shape index (κ2) is 10.1. The number of carbonyl (C=O) groups excluding carboxylic acids is 1. The van der Waals surface area contributed by atoms with E-state index in [1.807, 2.05) is 14.1 Å². The average Bonchev–Trinajstić information content (AvgIpc) is 2.62. The maximum absolute atomic E-state index is 12.8. The minimum atomic E-state index is -3.61. The van der Waals surface area contributed by atoms with E-state index in [9.17, 15) is 13.2 Å². The van der Waals surface area contributed by atoms with Gasteiger partial charge in [-0.05, 0) is 52.0 Å². The van der Waals surface area contributed by atoms with Gasteiger partial charge in [0.1, 0.15) is 0 Å². The highest BCUT2D eigenvalue weighted by molar-refractivity contribution is 7.88. The van der Waals surface area contributed by atoms with Crippen molar-refractivity contribution >= 4 is 39.1 Å². The van der Waals surface area contributed by atoms with E-state index in [2.05, 4.69) is 10.2 Å². The van der Waals surface area contributed by atoms with Crippen LogP contribution in [0.15, 0.2) is 18.2 Å². The smallest absolute Gasteiger partial charge is 0.224 e. The summed E-state index contributed by atoms with van der Waals surface area (Å²) in [5, 5.41) is 3.58. The van der Waals surface area contributed by atoms with Gasteiger partial charge in [-0.3, -0.25) is 4.79 Å². The number of nitrogens with one attached hydrogen (secondary N) is 1. The molecular formula is C18H27Cl2N3O3S. The molecule has 1 fully saturated rings. The van der Waals surface area contributed by atoms with Crippen LogP contribution in [0.4, 0.5) is 0 Å². The van der Waals surface area contributed by atoms with Crippen LogP contribution in [0, 0.1) is 5.92 Å². The van der Waals surface area contributed by atoms with Crippen molar-refractivity contribution in [3.05, 3.63) is 33.8 Å². The van der Waals surface area contributed by atoms with Gasteiger partial charge in [-0.15, -0.1) is 0 Å². The molecule has 1 heterocycles. The van der Waals surface area contributed by atoms with Crippen molar-refractivity contribution < 1.29 is 13.2 Å². The van der Waals surface area contributed by atoms with E-state index in [-0.39, 0.29) is 24.1 Å². The van der Waals surface area contributed by atoms with Crippen molar-refractivity contribution in [2.45, 2.75) is 25.0 Å². The van der Waals surface area contributed by atoms with Crippen molar-refractivity contribution in [2.24, 2.45) is 5.92 Å². The molecule has 2 rings (SSSR count). The number of piperidine rings is 1. The summed E-state index contributed by atoms with van der Waals surface area (Å²) in [6, 6.07) is 4.93. The molecular weight excluding hydrogens is 409 g/mol. The molecule has 1 saturated heterocycles. The van der Waals surface area contributed by atoms with E-state index >= 15 is 0 Å². The highest BCUT2D eigenvalue weighted by Gasteiger charge is 2.33. The molecule has 1 aliphatic heterocycles. The Balaban J connectivity index is 1.97. The Labute approximate surface area is 171 Å². The predicted octanol–water partition coefficient (Wildman–Crippen LogP) is 2.60. The standard InChI is InChI=1S/C18H27Cl2N3O3S/c1-22(2)10-5-9-21-18(24)14-6-4-11-23(12-14)27(25,26)13-15-16(19)7-3-8-17(15)20/h3,7-8,14H,4-6,9-13H2,1-2H3,(H,21,24)/t14-/m0/s1. The van der Waals surface area contributed by atoms with Crippen LogP contribution in [0.25, 0.3) is 0 Å². The number of carbonyl (C=O) groups is 1. The second-order valence-electron chi connectivity index (χ2n) is 7.10. The number of nitrogens with zero attached hydrogens (tertiary/aromatic N) is 2. The van der Waals surface area contributed by atoms with Crippen LogP contribution in [0.1, 0.15) is 24.8 Å². The fourth-order valence-corrected chi connectivity index (χ4v) is 5.47. The molecule has 6 nitrogen and oxygen atoms in total. The van der Waals surface area contributed by atoms with E-state index in [4.69, 9.17) is 23.2 Å². The Morgan fingerprint density at radius 1 is 1.30 bits per heavy atom. The van der Waals surface area contributed by atoms with Crippen LogP contribution in [-0.2, 0) is 20.6 Å². The lowest BCUT2D eigenvalue weighted by Gasteiger charge is -2.31. The summed E-state index contributed by atoms with van der Waals surface area (Å²) >= 11 is 12.2. The molecule has 1 atom stereocenters. The van der Waals surface area contributed by atoms with Crippen LogP contribution in [-0.4, -0.2) is 63.8 Å². The predicted molar refractivity (Wildman–Crippen MR) is 110 cm³/mol. The van der Waals surface area contributed by atoms with Gasteiger partial charge in [-0.1, -0.05) is 29.3 Å². The fraction of sp³-hybridized carbons (Fsp3) is 0.611. The van der Waals surface area contributed by atoms with Crippen LogP contribution in [0.3, 0.4) is 0 Å². The van der Waals surface area contributed by atoms with Crippen molar-refractivity contribution in [3.8, 4) is 0 Å². The Morgan fingerprint density at radius 2 is 1.96 bits per heavy atom. The van der Waals surface area contributed by atoms with Gasteiger partial charge in [-0.25, -0.2) is 12.7 Å². The third-order valence-electron chi connectivity index (χ3n) is 4.62. The highest BCUT2D eigenvalue weighted by Crippen LogP contribution is 2.28. The molecule has 0 unspecified atom stereocenters. The SMILES string of the molecule is CN(C)CCCNC(=O)[C@H]1CCCN(S(=O)(=O)Cc2c(Cl)cccc2Cl)C1. The lowest BCUT2D eigenvalue weighted by atomic mass is 9.99. The van der Waals surface area contributed by atoms with Gasteiger partial charge in [0.05, 0.1) is 11.7 Å². The van der Waals surface area contributed by atoms with Crippen molar-refractivity contribution in [1.29, 1.82) is 0 Å². The molecule has 0 radical (unpaired) electrons. The third kappa shape index (κ3) is 6.61. The molecule has 27 heavy (non-hydrogen) atoms. The Hall–Kier alpha value is -0.860. The zero-order chi connectivity index (χ0) is 20.0. The lowest BCUT2D eigenvalue weighted by molar-refractivity contribution is -0.126. The van der Waals surface area contributed by atoms with Crippen LogP contribution in [0.5, 0.6) is 0 Å². The van der Waals surface area contributed by atoms with Crippen molar-refractivity contribution in [2.75, 3.05) is 40.3 Å². The number of halogens is 2. The normalized spacial score (nSPS) is 18.6. The first-order chi connectivity index (χ1) is 12.7. The van der Waals surface area contributed by atoms with Crippen LogP contribution < -0.4 is 5.32 Å². The summed E-state index contributed by atoms with van der Waals surface area (Å²) in [4.78, 5) is 14.4. The molecule has 0 bridgehead atoms. The molecule has 0 spiro atoms. The van der Waals surface area contributed by atoms with Gasteiger partial charge in [0, 0.05) is 35.2 Å². The monoisotopic (exact) mass is 435 g/mol. The molecule has 1 amide bonds. The van der Waals surface area contributed by atoms with E-state index < -0.39 is 10.0 Å². The Morgan fingerprint density at radius 3 is 2.59 bits per heavy atom. The first-order valence-corrected chi connectivity index (χ1v) is 11.4. The second-order valence-corrected chi connectivity index (χ2v) is 9.88. The summed E-state index contributed by atoms with van der Waals surface area (Å²) in [5.74, 6) is -0.665. The first-order valence-electron chi connectivity index (χ1n) is 9.04. The summed E-state index contributed by atoms with van der Waals surface area (Å²) in [6.07, 6.45) is 2.21. The minimum Gasteiger partial charge on any atom is -0.356 e. The topological polar surface area (TPSA) is 69.7 Å². The van der Waals surface area contributed by atoms with Crippen molar-refractivity contribution in [3.63, 3.8) is 0 Å². The summed E-state index contributed by atoms with van der Waals surface area (Å²) < 4.78 is 27.1. The van der Waals surface area contributed by atoms with Crippen LogP contribution >= 0.6 is 23.2 Å². The average molecular weight is 436 g/mol. The van der Waals surface area contributed by atoms with E-state index in [0.29, 0.717) is 41.5 Å². The van der Waals surface area contributed by atoms with Crippen LogP contribution in [0.2, 0.25) is 10.0 Å². The molecule has 152 valence electrons. The summed E-state index contributed by atoms with van der Waals surface area (Å²) in [7, 11) is 0.360. The molecule has 1 aliphatic rings. The maximum Gasteiger partial charge on any atom is 0.224 e. The number of rotatable bonds is 8. The number of hydrogen-bond acceptors (Lipinski definition) is 4. The van der Waals surface area contributed by atoms with Crippen molar-refractivity contribution in [1.82, 2.24) is 14.5 Å². The number of hydrogen-bond donors (Lipinski definition) is 1. The Kier molecular flexibility index (Phi) is 8.37. The molecule has 0 aliphatic carbocycles. The molecule has 9 heteroatoms. The molecule has 0 saturated carbocycles. The number of benzene rings is 1. The van der Waals surface area contributed by atoms with E-state index in [1.165, 1.54) is 4.31 Å². The molecule has 1 aromatic carbocycles. The molecule has 0 aromatic heterocycles. The number of sulfonamides is 1. The van der Waals surface area contributed by atoms with Gasteiger partial charge >= 0.3 is 0 Å². The van der Waals surface area contributed by atoms with Gasteiger partial charge in [0.15, 0.2) is 0 Å². The molecule has 1 aromatic rings. The summed E-state index contributed by atoms with van der Waals surface area (Å²) in [6.45, 7) is 2.10. The Bertz CT molecular complexity index is 736. The van der Waals surface area contributed by atoms with Gasteiger partial charge in [0.2, 0.25) is 15.9 Å². The zero-order valence-electron chi connectivity index (χ0n) is 15.7. The third-order valence-corrected chi connectivity index (χ3v) is 7.10. The lowest BCUT2D eigenvalue weighted by Crippen LogP contribution is -2.46. The highest BCUT2D eigenvalue weighted by atomic mass is 35.5. The fourth-order valence-electron chi connectivity index (χ4n) is 3.10. The van der Waals surface area contributed by atoms with Gasteiger partial charge < -0.3 is 10.2 Å². The van der Waals surface area contributed by atoms with E-state index in [1.54, 1.807) is 18.2 Å². The van der Waals surface area contributed by atoms with Gasteiger partial charge in [0.25, 0.3) is 0 Å². The number of amides is 1. The first kappa shape index (κ1) is 22.4. The quantitative estimate of drug-likeness (QED) is 0.637. The molecule has 1 N–H and O–H groups in total. The van der Waals surface area contributed by atoms with E-state index in [0.717, 1.165) is 13.0 Å².